The Morgan fingerprint density at radius 3 is 2.40 bits per heavy atom. The predicted molar refractivity (Wildman–Crippen MR) is 68.7 cm³/mol. The Morgan fingerprint density at radius 2 is 2.00 bits per heavy atom. The normalized spacial score (nSPS) is 18.2. The molecule has 1 aliphatic rings. The molecule has 0 amide bonds. The average molecular weight is 278 g/mol. The summed E-state index contributed by atoms with van der Waals surface area (Å²) in [5, 5.41) is 1.08. The summed E-state index contributed by atoms with van der Waals surface area (Å²) in [5.74, 6) is 0. The molecule has 0 aromatic heterocycles. The van der Waals surface area contributed by atoms with Crippen molar-refractivity contribution in [2.45, 2.75) is 51.2 Å². The van der Waals surface area contributed by atoms with E-state index >= 15 is 0 Å². The zero-order chi connectivity index (χ0) is 11.3. The van der Waals surface area contributed by atoms with Gasteiger partial charge in [0.05, 0.1) is 5.60 Å². The summed E-state index contributed by atoms with van der Waals surface area (Å²) in [7, 11) is 1.80. The fourth-order valence-electron chi connectivity index (χ4n) is 1.85. The molecule has 1 saturated carbocycles. The quantitative estimate of drug-likeness (QED) is 0.664. The van der Waals surface area contributed by atoms with Crippen molar-refractivity contribution in [1.82, 2.24) is 4.90 Å². The number of alkyl halides is 1. The molecule has 0 atom stereocenters. The third-order valence-corrected chi connectivity index (χ3v) is 3.87. The Morgan fingerprint density at radius 1 is 1.33 bits per heavy atom. The predicted octanol–water partition coefficient (Wildman–Crippen LogP) is 3.05. The molecule has 1 aliphatic carbocycles. The van der Waals surface area contributed by atoms with E-state index in [0.717, 1.165) is 24.3 Å². The van der Waals surface area contributed by atoms with Gasteiger partial charge in [0.15, 0.2) is 0 Å². The molecule has 0 aliphatic heterocycles. The second-order valence-electron chi connectivity index (χ2n) is 5.02. The maximum Gasteiger partial charge on any atom is 0.0634 e. The van der Waals surface area contributed by atoms with Crippen LogP contribution in [0.5, 0.6) is 0 Å². The van der Waals surface area contributed by atoms with Gasteiger partial charge < -0.3 is 4.74 Å². The van der Waals surface area contributed by atoms with Gasteiger partial charge in [0.2, 0.25) is 0 Å². The van der Waals surface area contributed by atoms with Crippen LogP contribution >= 0.6 is 15.9 Å². The Bertz CT molecular complexity index is 180. The topological polar surface area (TPSA) is 12.5 Å². The van der Waals surface area contributed by atoms with Gasteiger partial charge in [-0.3, -0.25) is 4.90 Å². The van der Waals surface area contributed by atoms with Gasteiger partial charge in [-0.2, -0.15) is 0 Å². The van der Waals surface area contributed by atoms with Crippen molar-refractivity contribution >= 4 is 15.9 Å². The lowest BCUT2D eigenvalue weighted by atomic mass is 9.91. The highest BCUT2D eigenvalue weighted by Gasteiger charge is 2.26. The van der Waals surface area contributed by atoms with Crippen LogP contribution in [0.15, 0.2) is 0 Å². The van der Waals surface area contributed by atoms with E-state index < -0.39 is 0 Å². The van der Waals surface area contributed by atoms with Crippen molar-refractivity contribution in [2.75, 3.05) is 25.5 Å². The number of hydrogen-bond acceptors (Lipinski definition) is 2. The van der Waals surface area contributed by atoms with Crippen molar-refractivity contribution in [1.29, 1.82) is 0 Å². The Balaban J connectivity index is 2.30. The summed E-state index contributed by atoms with van der Waals surface area (Å²) in [4.78, 5) is 2.61. The molecule has 2 nitrogen and oxygen atoms in total. The van der Waals surface area contributed by atoms with Crippen LogP contribution in [0.4, 0.5) is 0 Å². The monoisotopic (exact) mass is 277 g/mol. The summed E-state index contributed by atoms with van der Waals surface area (Å²) < 4.78 is 5.46. The van der Waals surface area contributed by atoms with Gasteiger partial charge in [0.1, 0.15) is 0 Å². The Hall–Kier alpha value is 0.400. The summed E-state index contributed by atoms with van der Waals surface area (Å²) in [5.41, 5.74) is 0.0221. The van der Waals surface area contributed by atoms with E-state index in [1.165, 1.54) is 25.8 Å². The molecule has 1 fully saturated rings. The molecular weight excluding hydrogens is 254 g/mol. The number of nitrogens with zero attached hydrogens (tertiary/aromatic N) is 1. The van der Waals surface area contributed by atoms with Gasteiger partial charge in [-0.15, -0.1) is 0 Å². The Kier molecular flexibility index (Phi) is 5.58. The van der Waals surface area contributed by atoms with Crippen LogP contribution in [-0.2, 0) is 4.74 Å². The molecule has 0 spiro atoms. The van der Waals surface area contributed by atoms with E-state index in [9.17, 15) is 0 Å². The van der Waals surface area contributed by atoms with E-state index in [2.05, 4.69) is 34.7 Å². The fraction of sp³-hybridized carbons (Fsp3) is 1.00. The third-order valence-electron chi connectivity index (χ3n) is 3.52. The van der Waals surface area contributed by atoms with Gasteiger partial charge in [0.25, 0.3) is 0 Å². The van der Waals surface area contributed by atoms with Crippen molar-refractivity contribution in [2.24, 2.45) is 0 Å². The van der Waals surface area contributed by atoms with Crippen molar-refractivity contribution in [3.05, 3.63) is 0 Å². The van der Waals surface area contributed by atoms with Crippen LogP contribution in [0.25, 0.3) is 0 Å². The van der Waals surface area contributed by atoms with E-state index in [1.54, 1.807) is 7.11 Å². The van der Waals surface area contributed by atoms with E-state index in [0.29, 0.717) is 0 Å². The van der Waals surface area contributed by atoms with Crippen LogP contribution in [-0.4, -0.2) is 42.1 Å². The molecule has 0 saturated heterocycles. The van der Waals surface area contributed by atoms with Crippen LogP contribution < -0.4 is 0 Å². The SMILES string of the molecule is COC(C)(C)CCN(CCBr)C1CCC1. The molecule has 0 aromatic carbocycles. The number of halogens is 1. The highest BCUT2D eigenvalue weighted by Crippen LogP contribution is 2.26. The maximum absolute atomic E-state index is 5.46. The zero-order valence-electron chi connectivity index (χ0n) is 10.3. The number of rotatable bonds is 7. The molecule has 0 unspecified atom stereocenters. The van der Waals surface area contributed by atoms with Crippen LogP contribution in [0, 0.1) is 0 Å². The smallest absolute Gasteiger partial charge is 0.0634 e. The largest absolute Gasteiger partial charge is 0.379 e. The molecule has 15 heavy (non-hydrogen) atoms. The minimum Gasteiger partial charge on any atom is -0.379 e. The molecule has 0 bridgehead atoms. The number of methoxy groups -OCH3 is 1. The molecule has 90 valence electrons. The van der Waals surface area contributed by atoms with Crippen LogP contribution in [0.2, 0.25) is 0 Å². The van der Waals surface area contributed by atoms with Gasteiger partial charge in [-0.25, -0.2) is 0 Å². The molecule has 0 heterocycles. The minimum absolute atomic E-state index is 0.0221. The van der Waals surface area contributed by atoms with Gasteiger partial charge in [-0.1, -0.05) is 22.4 Å². The van der Waals surface area contributed by atoms with Gasteiger partial charge in [0, 0.05) is 31.6 Å². The Labute approximate surface area is 102 Å². The van der Waals surface area contributed by atoms with E-state index in [4.69, 9.17) is 4.74 Å². The van der Waals surface area contributed by atoms with Crippen molar-refractivity contribution in [3.8, 4) is 0 Å². The molecular formula is C12H24BrNO. The van der Waals surface area contributed by atoms with Crippen molar-refractivity contribution < 1.29 is 4.74 Å². The fourth-order valence-corrected chi connectivity index (χ4v) is 2.31. The van der Waals surface area contributed by atoms with Crippen LogP contribution in [0.1, 0.15) is 39.5 Å². The lowest BCUT2D eigenvalue weighted by molar-refractivity contribution is 0.000520. The molecule has 3 heteroatoms. The van der Waals surface area contributed by atoms with E-state index in [-0.39, 0.29) is 5.60 Å². The summed E-state index contributed by atoms with van der Waals surface area (Å²) in [6.45, 7) is 6.67. The highest BCUT2D eigenvalue weighted by atomic mass is 79.9. The van der Waals surface area contributed by atoms with Gasteiger partial charge >= 0.3 is 0 Å². The molecule has 1 rings (SSSR count). The first-order chi connectivity index (χ1) is 7.09. The maximum atomic E-state index is 5.46. The first-order valence-corrected chi connectivity index (χ1v) is 7.06. The molecule has 0 N–H and O–H groups in total. The first-order valence-electron chi connectivity index (χ1n) is 5.94. The standard InChI is InChI=1S/C12H24BrNO/c1-12(2,15-3)7-9-14(10-8-13)11-5-4-6-11/h11H,4-10H2,1-3H3. The number of ether oxygens (including phenoxy) is 1. The second-order valence-corrected chi connectivity index (χ2v) is 5.82. The summed E-state index contributed by atoms with van der Waals surface area (Å²) in [6.07, 6.45) is 5.31. The lowest BCUT2D eigenvalue weighted by Gasteiger charge is -2.38. The third kappa shape index (κ3) is 4.41. The molecule has 0 radical (unpaired) electrons. The second kappa shape index (κ2) is 6.21. The van der Waals surface area contributed by atoms with Crippen LogP contribution in [0.3, 0.4) is 0 Å². The lowest BCUT2D eigenvalue weighted by Crippen LogP contribution is -2.43. The van der Waals surface area contributed by atoms with Crippen molar-refractivity contribution in [3.63, 3.8) is 0 Å². The zero-order valence-corrected chi connectivity index (χ0v) is 11.8. The highest BCUT2D eigenvalue weighted by molar-refractivity contribution is 9.09. The first kappa shape index (κ1) is 13.5. The minimum atomic E-state index is 0.0221. The average Bonchev–Trinajstić information content (AvgIpc) is 2.12. The number of hydrogen-bond donors (Lipinski definition) is 0. The van der Waals surface area contributed by atoms with Gasteiger partial charge in [-0.05, 0) is 33.1 Å². The van der Waals surface area contributed by atoms with E-state index in [1.807, 2.05) is 0 Å². The summed E-state index contributed by atoms with van der Waals surface area (Å²) in [6, 6.07) is 0.843. The molecule has 0 aromatic rings. The summed E-state index contributed by atoms with van der Waals surface area (Å²) >= 11 is 3.54.